The molecular weight excluding hydrogens is 152 g/mol. The maximum absolute atomic E-state index is 8.62. The molecule has 2 heterocycles. The van der Waals surface area contributed by atoms with Gasteiger partial charge in [0.2, 0.25) is 0 Å². The molecule has 1 aromatic heterocycles. The first-order valence-corrected chi connectivity index (χ1v) is 3.54. The van der Waals surface area contributed by atoms with Crippen molar-refractivity contribution < 1.29 is 0 Å². The van der Waals surface area contributed by atoms with E-state index in [9.17, 15) is 0 Å². The minimum Gasteiger partial charge on any atom is -0.345 e. The summed E-state index contributed by atoms with van der Waals surface area (Å²) >= 11 is 0. The van der Waals surface area contributed by atoms with E-state index < -0.39 is 0 Å². The minimum absolute atomic E-state index is 0.625. The summed E-state index contributed by atoms with van der Waals surface area (Å²) in [4.78, 5) is 7.89. The molecule has 0 bridgehead atoms. The molecule has 0 aromatic carbocycles. The van der Waals surface area contributed by atoms with Crippen LogP contribution in [0.1, 0.15) is 5.56 Å². The highest BCUT2D eigenvalue weighted by Crippen LogP contribution is 2.19. The van der Waals surface area contributed by atoms with Gasteiger partial charge in [0.25, 0.3) is 0 Å². The van der Waals surface area contributed by atoms with Gasteiger partial charge in [-0.05, 0) is 0 Å². The molecule has 1 aromatic rings. The summed E-state index contributed by atoms with van der Waals surface area (Å²) in [6, 6.07) is 2.09. The maximum atomic E-state index is 8.62. The van der Waals surface area contributed by atoms with Crippen LogP contribution in [-0.4, -0.2) is 9.97 Å². The largest absolute Gasteiger partial charge is 0.345 e. The first-order valence-electron chi connectivity index (χ1n) is 3.54. The van der Waals surface area contributed by atoms with E-state index >= 15 is 0 Å². The molecule has 4 heteroatoms. The highest BCUT2D eigenvalue weighted by molar-refractivity contribution is 5.53. The number of fused-ring (bicyclic) bond motifs is 1. The fourth-order valence-corrected chi connectivity index (χ4v) is 1.10. The van der Waals surface area contributed by atoms with Crippen LogP contribution in [0.25, 0.3) is 0 Å². The van der Waals surface area contributed by atoms with Gasteiger partial charge in [-0.2, -0.15) is 5.26 Å². The second-order valence-corrected chi connectivity index (χ2v) is 2.50. The van der Waals surface area contributed by atoms with Gasteiger partial charge in [0.1, 0.15) is 12.1 Å². The predicted octanol–water partition coefficient (Wildman–Crippen LogP) is 0.852. The Hall–Kier alpha value is -1.89. The third kappa shape index (κ3) is 1.01. The topological polar surface area (TPSA) is 61.6 Å². The fraction of sp³-hybridized carbons (Fsp3) is 0.125. The van der Waals surface area contributed by atoms with Crippen LogP contribution in [0.5, 0.6) is 0 Å². The summed E-state index contributed by atoms with van der Waals surface area (Å²) in [6.07, 6.45) is 5.51. The number of rotatable bonds is 0. The van der Waals surface area contributed by atoms with Gasteiger partial charge in [-0.1, -0.05) is 0 Å². The van der Waals surface area contributed by atoms with E-state index in [2.05, 4.69) is 21.4 Å². The highest BCUT2D eigenvalue weighted by atomic mass is 15.0. The molecule has 58 valence electrons. The first kappa shape index (κ1) is 6.80. The zero-order valence-corrected chi connectivity index (χ0v) is 6.28. The lowest BCUT2D eigenvalue weighted by molar-refractivity contribution is 1.05. The standard InChI is InChI=1S/C8H6N4/c9-2-6-1-7-4-10-5-12-8(7)11-3-6/h3-5H,1H2,(H,10,11,12). The van der Waals surface area contributed by atoms with E-state index in [4.69, 9.17) is 5.26 Å². The van der Waals surface area contributed by atoms with Crippen LogP contribution in [-0.2, 0) is 6.42 Å². The molecule has 2 rings (SSSR count). The third-order valence-electron chi connectivity index (χ3n) is 1.70. The van der Waals surface area contributed by atoms with Gasteiger partial charge >= 0.3 is 0 Å². The molecule has 0 amide bonds. The van der Waals surface area contributed by atoms with Gasteiger partial charge in [0.15, 0.2) is 0 Å². The van der Waals surface area contributed by atoms with Crippen molar-refractivity contribution >= 4 is 5.82 Å². The van der Waals surface area contributed by atoms with Gasteiger partial charge in [-0.15, -0.1) is 0 Å². The number of nitrogens with one attached hydrogen (secondary N) is 1. The quantitative estimate of drug-likeness (QED) is 0.608. The van der Waals surface area contributed by atoms with E-state index in [0.717, 1.165) is 11.4 Å². The third-order valence-corrected chi connectivity index (χ3v) is 1.70. The monoisotopic (exact) mass is 158 g/mol. The molecule has 1 N–H and O–H groups in total. The number of hydrogen-bond donors (Lipinski definition) is 1. The van der Waals surface area contributed by atoms with Gasteiger partial charge in [0, 0.05) is 24.4 Å². The van der Waals surface area contributed by atoms with Gasteiger partial charge in [-0.25, -0.2) is 9.97 Å². The Balaban J connectivity index is 2.38. The molecule has 0 aliphatic carbocycles. The lowest BCUT2D eigenvalue weighted by Crippen LogP contribution is -2.06. The molecule has 0 atom stereocenters. The second kappa shape index (κ2) is 2.62. The fourth-order valence-electron chi connectivity index (χ4n) is 1.10. The summed E-state index contributed by atoms with van der Waals surface area (Å²) in [5, 5.41) is 11.5. The van der Waals surface area contributed by atoms with Crippen molar-refractivity contribution in [2.24, 2.45) is 0 Å². The average Bonchev–Trinajstić information content (AvgIpc) is 2.17. The van der Waals surface area contributed by atoms with Crippen LogP contribution in [0.3, 0.4) is 0 Å². The van der Waals surface area contributed by atoms with Crippen LogP contribution in [0.15, 0.2) is 24.3 Å². The molecule has 0 radical (unpaired) electrons. The Kier molecular flexibility index (Phi) is 1.49. The second-order valence-electron chi connectivity index (χ2n) is 2.50. The minimum atomic E-state index is 0.625. The Labute approximate surface area is 69.6 Å². The van der Waals surface area contributed by atoms with Gasteiger partial charge < -0.3 is 5.32 Å². The molecule has 0 unspecified atom stereocenters. The maximum Gasteiger partial charge on any atom is 0.136 e. The Morgan fingerprint density at radius 1 is 1.58 bits per heavy atom. The summed E-state index contributed by atoms with van der Waals surface area (Å²) < 4.78 is 0. The summed E-state index contributed by atoms with van der Waals surface area (Å²) in [5.74, 6) is 0.795. The van der Waals surface area contributed by atoms with Crippen LogP contribution in [0.2, 0.25) is 0 Å². The lowest BCUT2D eigenvalue weighted by atomic mass is 10.1. The lowest BCUT2D eigenvalue weighted by Gasteiger charge is -2.11. The SMILES string of the molecule is N#CC1=CNc2ncncc2C1. The normalized spacial score (nSPS) is 13.8. The van der Waals surface area contributed by atoms with Crippen LogP contribution in [0, 0.1) is 11.3 Å². The van der Waals surface area contributed by atoms with Crippen LogP contribution in [0.4, 0.5) is 5.82 Å². The average molecular weight is 158 g/mol. The Morgan fingerprint density at radius 2 is 2.50 bits per heavy atom. The van der Waals surface area contributed by atoms with Crippen LogP contribution < -0.4 is 5.32 Å². The van der Waals surface area contributed by atoms with Crippen molar-refractivity contribution in [3.8, 4) is 6.07 Å². The molecule has 1 aliphatic heterocycles. The van der Waals surface area contributed by atoms with Crippen molar-refractivity contribution in [3.63, 3.8) is 0 Å². The molecular formula is C8H6N4. The summed E-state index contributed by atoms with van der Waals surface area (Å²) in [7, 11) is 0. The van der Waals surface area contributed by atoms with E-state index in [0.29, 0.717) is 12.0 Å². The number of hydrogen-bond acceptors (Lipinski definition) is 4. The smallest absolute Gasteiger partial charge is 0.136 e. The van der Waals surface area contributed by atoms with Crippen LogP contribution >= 0.6 is 0 Å². The summed E-state index contributed by atoms with van der Waals surface area (Å²) in [5.41, 5.74) is 1.67. The van der Waals surface area contributed by atoms with Gasteiger partial charge in [-0.3, -0.25) is 0 Å². The Morgan fingerprint density at radius 3 is 3.33 bits per heavy atom. The predicted molar refractivity (Wildman–Crippen MR) is 43.1 cm³/mol. The van der Waals surface area contributed by atoms with Crippen molar-refractivity contribution in [1.29, 1.82) is 5.26 Å². The number of allylic oxidation sites excluding steroid dienone is 1. The number of aromatic nitrogens is 2. The van der Waals surface area contributed by atoms with Crippen molar-refractivity contribution in [3.05, 3.63) is 29.9 Å². The number of nitrogens with zero attached hydrogens (tertiary/aromatic N) is 3. The van der Waals surface area contributed by atoms with Crippen molar-refractivity contribution in [2.75, 3.05) is 5.32 Å². The Bertz CT molecular complexity index is 375. The molecule has 4 nitrogen and oxygen atoms in total. The van der Waals surface area contributed by atoms with E-state index in [1.54, 1.807) is 12.4 Å². The summed E-state index contributed by atoms with van der Waals surface area (Å²) in [6.45, 7) is 0. The van der Waals surface area contributed by atoms with E-state index in [1.165, 1.54) is 6.33 Å². The van der Waals surface area contributed by atoms with E-state index in [1.807, 2.05) is 0 Å². The number of nitriles is 1. The molecule has 0 fully saturated rings. The van der Waals surface area contributed by atoms with Crippen molar-refractivity contribution in [2.45, 2.75) is 6.42 Å². The molecule has 12 heavy (non-hydrogen) atoms. The number of anilines is 1. The molecule has 0 saturated heterocycles. The zero-order valence-electron chi connectivity index (χ0n) is 6.28. The van der Waals surface area contributed by atoms with E-state index in [-0.39, 0.29) is 0 Å². The zero-order chi connectivity index (χ0) is 8.39. The van der Waals surface area contributed by atoms with Crippen molar-refractivity contribution in [1.82, 2.24) is 9.97 Å². The molecule has 0 saturated carbocycles. The highest BCUT2D eigenvalue weighted by Gasteiger charge is 2.10. The van der Waals surface area contributed by atoms with Gasteiger partial charge in [0.05, 0.1) is 11.6 Å². The molecule has 0 spiro atoms. The molecule has 1 aliphatic rings. The first-order chi connectivity index (χ1) is 5.90.